The first kappa shape index (κ1) is 10.4. The molecule has 2 rings (SSSR count). The van der Waals surface area contributed by atoms with Gasteiger partial charge in [-0.05, 0) is 24.8 Å². The Labute approximate surface area is 87.8 Å². The number of hydrogen-bond acceptors (Lipinski definition) is 4. The minimum absolute atomic E-state index is 0.162. The van der Waals surface area contributed by atoms with Gasteiger partial charge in [0.25, 0.3) is 0 Å². The lowest BCUT2D eigenvalue weighted by Gasteiger charge is -2.03. The van der Waals surface area contributed by atoms with E-state index in [1.54, 1.807) is 6.07 Å². The third-order valence-corrected chi connectivity index (χ3v) is 4.44. The number of carbonyl (C=O) groups is 1. The van der Waals surface area contributed by atoms with Crippen LogP contribution < -0.4 is 0 Å². The van der Waals surface area contributed by atoms with Crippen LogP contribution in [-0.4, -0.2) is 36.4 Å². The topological polar surface area (TPSA) is 79.9 Å². The third-order valence-electron chi connectivity index (χ3n) is 2.61. The fourth-order valence-corrected chi connectivity index (χ4v) is 3.75. The quantitative estimate of drug-likeness (QED) is 0.749. The Balaban J connectivity index is 2.01. The summed E-state index contributed by atoms with van der Waals surface area (Å²) in [6, 6.07) is 1.66. The lowest BCUT2D eigenvalue weighted by molar-refractivity contribution is 0.111. The van der Waals surface area contributed by atoms with Crippen LogP contribution in [0.5, 0.6) is 0 Å². The molecule has 0 radical (unpaired) electrons. The smallest absolute Gasteiger partial charge is 0.170 e. The van der Waals surface area contributed by atoms with E-state index in [1.807, 2.05) is 0 Å². The minimum atomic E-state index is -2.82. The maximum absolute atomic E-state index is 11.2. The third kappa shape index (κ3) is 2.44. The van der Waals surface area contributed by atoms with Crippen molar-refractivity contribution in [2.45, 2.75) is 12.8 Å². The Bertz CT molecular complexity index is 463. The number of sulfone groups is 1. The van der Waals surface area contributed by atoms with E-state index in [0.717, 1.165) is 5.69 Å². The van der Waals surface area contributed by atoms with Crippen LogP contribution in [0.25, 0.3) is 0 Å². The molecule has 1 aliphatic heterocycles. The van der Waals surface area contributed by atoms with Gasteiger partial charge in [-0.25, -0.2) is 8.42 Å². The predicted molar refractivity (Wildman–Crippen MR) is 54.4 cm³/mol. The normalized spacial score (nSPS) is 24.1. The molecule has 1 aliphatic rings. The van der Waals surface area contributed by atoms with E-state index in [9.17, 15) is 13.2 Å². The van der Waals surface area contributed by atoms with E-state index in [0.29, 0.717) is 24.8 Å². The molecule has 0 aliphatic carbocycles. The van der Waals surface area contributed by atoms with Crippen molar-refractivity contribution < 1.29 is 13.2 Å². The summed E-state index contributed by atoms with van der Waals surface area (Å²) in [5, 5.41) is 6.51. The van der Waals surface area contributed by atoms with Gasteiger partial charge < -0.3 is 0 Å². The molecule has 15 heavy (non-hydrogen) atoms. The first-order chi connectivity index (χ1) is 7.09. The Kier molecular flexibility index (Phi) is 2.60. The van der Waals surface area contributed by atoms with Gasteiger partial charge in [0.2, 0.25) is 0 Å². The van der Waals surface area contributed by atoms with E-state index in [-0.39, 0.29) is 17.4 Å². The SMILES string of the molecule is O=Cc1cc(CC2CCS(=O)(=O)C2)[nH]n1. The van der Waals surface area contributed by atoms with Gasteiger partial charge in [0.05, 0.1) is 11.5 Å². The summed E-state index contributed by atoms with van der Waals surface area (Å²) in [7, 11) is -2.82. The molecule has 5 nitrogen and oxygen atoms in total. The Morgan fingerprint density at radius 1 is 1.60 bits per heavy atom. The summed E-state index contributed by atoms with van der Waals surface area (Å²) in [5.41, 5.74) is 1.20. The second kappa shape index (κ2) is 3.77. The van der Waals surface area contributed by atoms with E-state index in [4.69, 9.17) is 0 Å². The molecule has 1 atom stereocenters. The molecule has 1 saturated heterocycles. The van der Waals surface area contributed by atoms with Gasteiger partial charge >= 0.3 is 0 Å². The maximum Gasteiger partial charge on any atom is 0.170 e. The van der Waals surface area contributed by atoms with Crippen LogP contribution in [-0.2, 0) is 16.3 Å². The molecule has 0 amide bonds. The van der Waals surface area contributed by atoms with Gasteiger partial charge in [0.15, 0.2) is 16.1 Å². The summed E-state index contributed by atoms with van der Waals surface area (Å²) in [6.07, 6.45) is 2.03. The monoisotopic (exact) mass is 228 g/mol. The number of hydrogen-bond donors (Lipinski definition) is 1. The Hall–Kier alpha value is -1.17. The van der Waals surface area contributed by atoms with Crippen LogP contribution >= 0.6 is 0 Å². The molecular weight excluding hydrogens is 216 g/mol. The Morgan fingerprint density at radius 2 is 2.40 bits per heavy atom. The highest BCUT2D eigenvalue weighted by Gasteiger charge is 2.28. The number of aromatic nitrogens is 2. The van der Waals surface area contributed by atoms with Crippen molar-refractivity contribution in [1.82, 2.24) is 10.2 Å². The number of aromatic amines is 1. The molecule has 1 unspecified atom stereocenters. The van der Waals surface area contributed by atoms with Gasteiger partial charge in [-0.1, -0.05) is 0 Å². The second-order valence-electron chi connectivity index (χ2n) is 3.91. The molecule has 82 valence electrons. The van der Waals surface area contributed by atoms with Gasteiger partial charge in [-0.3, -0.25) is 9.89 Å². The molecular formula is C9H12N2O3S. The van der Waals surface area contributed by atoms with Gasteiger partial charge in [-0.2, -0.15) is 5.10 Å². The number of aldehydes is 1. The molecule has 1 aromatic rings. The van der Waals surface area contributed by atoms with E-state index in [1.165, 1.54) is 0 Å². The Morgan fingerprint density at radius 3 is 2.93 bits per heavy atom. The lowest BCUT2D eigenvalue weighted by atomic mass is 10.0. The molecule has 0 saturated carbocycles. The summed E-state index contributed by atoms with van der Waals surface area (Å²) in [4.78, 5) is 10.4. The van der Waals surface area contributed by atoms with Crippen molar-refractivity contribution in [3.05, 3.63) is 17.5 Å². The van der Waals surface area contributed by atoms with Crippen LogP contribution in [0, 0.1) is 5.92 Å². The molecule has 1 aromatic heterocycles. The van der Waals surface area contributed by atoms with Crippen molar-refractivity contribution in [3.8, 4) is 0 Å². The fraction of sp³-hybridized carbons (Fsp3) is 0.556. The molecule has 1 N–H and O–H groups in total. The van der Waals surface area contributed by atoms with Crippen LogP contribution in [0.4, 0.5) is 0 Å². The largest absolute Gasteiger partial charge is 0.296 e. The molecule has 6 heteroatoms. The zero-order chi connectivity index (χ0) is 10.9. The lowest BCUT2D eigenvalue weighted by Crippen LogP contribution is -2.07. The van der Waals surface area contributed by atoms with Crippen molar-refractivity contribution in [1.29, 1.82) is 0 Å². The van der Waals surface area contributed by atoms with Crippen molar-refractivity contribution in [2.24, 2.45) is 5.92 Å². The zero-order valence-electron chi connectivity index (χ0n) is 8.14. The molecule has 0 bridgehead atoms. The molecule has 1 fully saturated rings. The average molecular weight is 228 g/mol. The molecule has 0 aromatic carbocycles. The standard InChI is InChI=1S/C9H12N2O3S/c12-5-9-4-8(10-11-9)3-7-1-2-15(13,14)6-7/h4-5,7H,1-3,6H2,(H,10,11). The van der Waals surface area contributed by atoms with Crippen LogP contribution in [0.3, 0.4) is 0 Å². The highest BCUT2D eigenvalue weighted by molar-refractivity contribution is 7.91. The van der Waals surface area contributed by atoms with Crippen LogP contribution in [0.1, 0.15) is 22.6 Å². The van der Waals surface area contributed by atoms with Crippen molar-refractivity contribution >= 4 is 16.1 Å². The minimum Gasteiger partial charge on any atom is -0.296 e. The summed E-state index contributed by atoms with van der Waals surface area (Å²) < 4.78 is 22.4. The van der Waals surface area contributed by atoms with Crippen LogP contribution in [0.15, 0.2) is 6.07 Å². The second-order valence-corrected chi connectivity index (χ2v) is 6.14. The van der Waals surface area contributed by atoms with Crippen molar-refractivity contribution in [2.75, 3.05) is 11.5 Å². The molecule has 0 spiro atoms. The fourth-order valence-electron chi connectivity index (χ4n) is 1.89. The van der Waals surface area contributed by atoms with E-state index < -0.39 is 9.84 Å². The van der Waals surface area contributed by atoms with E-state index in [2.05, 4.69) is 10.2 Å². The first-order valence-corrected chi connectivity index (χ1v) is 6.61. The number of rotatable bonds is 3. The predicted octanol–water partition coefficient (Wildman–Crippen LogP) is 0.199. The average Bonchev–Trinajstić information content (AvgIpc) is 2.73. The number of nitrogens with one attached hydrogen (secondary N) is 1. The zero-order valence-corrected chi connectivity index (χ0v) is 8.96. The van der Waals surface area contributed by atoms with Crippen LogP contribution in [0.2, 0.25) is 0 Å². The summed E-state index contributed by atoms with van der Waals surface area (Å²) in [6.45, 7) is 0. The summed E-state index contributed by atoms with van der Waals surface area (Å²) >= 11 is 0. The van der Waals surface area contributed by atoms with Crippen molar-refractivity contribution in [3.63, 3.8) is 0 Å². The first-order valence-electron chi connectivity index (χ1n) is 4.79. The molecule has 2 heterocycles. The van der Waals surface area contributed by atoms with Gasteiger partial charge in [0, 0.05) is 5.69 Å². The van der Waals surface area contributed by atoms with Gasteiger partial charge in [0.1, 0.15) is 5.69 Å². The number of nitrogens with zero attached hydrogens (tertiary/aromatic N) is 1. The number of carbonyl (C=O) groups excluding carboxylic acids is 1. The van der Waals surface area contributed by atoms with Gasteiger partial charge in [-0.15, -0.1) is 0 Å². The highest BCUT2D eigenvalue weighted by Crippen LogP contribution is 2.21. The highest BCUT2D eigenvalue weighted by atomic mass is 32.2. The maximum atomic E-state index is 11.2. The summed E-state index contributed by atoms with van der Waals surface area (Å²) in [5.74, 6) is 0.698. The number of H-pyrrole nitrogens is 1. The van der Waals surface area contributed by atoms with E-state index >= 15 is 0 Å².